The van der Waals surface area contributed by atoms with Gasteiger partial charge in [-0.15, -0.1) is 0 Å². The second-order valence-corrected chi connectivity index (χ2v) is 5.06. The molecule has 0 amide bonds. The second-order valence-electron chi connectivity index (χ2n) is 5.06. The highest BCUT2D eigenvalue weighted by Crippen LogP contribution is 2.35. The standard InChI is InChI=1S/C12H24N2O/c1-15-11-4-6-12(10-13,7-5-11)14-8-2-3-9-14/h11H,2-10,13H2,1H3. The summed E-state index contributed by atoms with van der Waals surface area (Å²) in [5.74, 6) is 0. The normalized spacial score (nSPS) is 38.4. The predicted octanol–water partition coefficient (Wildman–Crippen LogP) is 1.37. The van der Waals surface area contributed by atoms with Gasteiger partial charge in [0.05, 0.1) is 6.10 Å². The van der Waals surface area contributed by atoms with E-state index < -0.39 is 0 Å². The average Bonchev–Trinajstić information content (AvgIpc) is 2.83. The first-order valence-corrected chi connectivity index (χ1v) is 6.29. The Morgan fingerprint density at radius 2 is 1.87 bits per heavy atom. The van der Waals surface area contributed by atoms with Gasteiger partial charge in [-0.3, -0.25) is 4.90 Å². The molecule has 0 spiro atoms. The van der Waals surface area contributed by atoms with E-state index in [4.69, 9.17) is 10.5 Å². The lowest BCUT2D eigenvalue weighted by Crippen LogP contribution is -2.55. The molecule has 2 rings (SSSR count). The van der Waals surface area contributed by atoms with E-state index in [9.17, 15) is 0 Å². The Morgan fingerprint density at radius 3 is 2.33 bits per heavy atom. The minimum Gasteiger partial charge on any atom is -0.381 e. The molecule has 0 aromatic rings. The van der Waals surface area contributed by atoms with Gasteiger partial charge >= 0.3 is 0 Å². The molecule has 1 aliphatic heterocycles. The van der Waals surface area contributed by atoms with Crippen LogP contribution in [0.15, 0.2) is 0 Å². The van der Waals surface area contributed by atoms with Gasteiger partial charge in [-0.25, -0.2) is 0 Å². The van der Waals surface area contributed by atoms with Gasteiger partial charge in [-0.2, -0.15) is 0 Å². The predicted molar refractivity (Wildman–Crippen MR) is 61.9 cm³/mol. The summed E-state index contributed by atoms with van der Waals surface area (Å²) < 4.78 is 5.43. The van der Waals surface area contributed by atoms with E-state index in [0.717, 1.165) is 6.54 Å². The lowest BCUT2D eigenvalue weighted by atomic mass is 9.79. The number of nitrogens with two attached hydrogens (primary N) is 1. The summed E-state index contributed by atoms with van der Waals surface area (Å²) in [6.07, 6.45) is 8.01. The molecule has 1 saturated heterocycles. The Kier molecular flexibility index (Phi) is 3.65. The smallest absolute Gasteiger partial charge is 0.0572 e. The Hall–Kier alpha value is -0.120. The summed E-state index contributed by atoms with van der Waals surface area (Å²) in [4.78, 5) is 2.64. The molecule has 2 N–H and O–H groups in total. The van der Waals surface area contributed by atoms with Crippen molar-refractivity contribution in [2.24, 2.45) is 5.73 Å². The Morgan fingerprint density at radius 1 is 1.27 bits per heavy atom. The maximum Gasteiger partial charge on any atom is 0.0572 e. The van der Waals surface area contributed by atoms with Gasteiger partial charge in [-0.1, -0.05) is 0 Å². The van der Waals surface area contributed by atoms with Gasteiger partial charge in [0.1, 0.15) is 0 Å². The Bertz CT molecular complexity index is 194. The van der Waals surface area contributed by atoms with E-state index in [2.05, 4.69) is 4.90 Å². The third kappa shape index (κ3) is 2.19. The van der Waals surface area contributed by atoms with Gasteiger partial charge in [0, 0.05) is 19.2 Å². The Labute approximate surface area is 93.0 Å². The van der Waals surface area contributed by atoms with Gasteiger partial charge in [0.2, 0.25) is 0 Å². The second kappa shape index (κ2) is 4.81. The fourth-order valence-corrected chi connectivity index (χ4v) is 3.21. The summed E-state index contributed by atoms with van der Waals surface area (Å²) in [5.41, 5.74) is 6.33. The van der Waals surface area contributed by atoms with E-state index in [-0.39, 0.29) is 0 Å². The number of hydrogen-bond acceptors (Lipinski definition) is 3. The molecule has 1 aliphatic carbocycles. The number of nitrogens with zero attached hydrogens (tertiary/aromatic N) is 1. The van der Waals surface area contributed by atoms with Crippen LogP contribution in [0.3, 0.4) is 0 Å². The molecule has 0 aromatic heterocycles. The molecule has 88 valence electrons. The van der Waals surface area contributed by atoms with Crippen molar-refractivity contribution in [1.82, 2.24) is 4.90 Å². The van der Waals surface area contributed by atoms with Gasteiger partial charge in [0.25, 0.3) is 0 Å². The summed E-state index contributed by atoms with van der Waals surface area (Å²) in [6.45, 7) is 3.34. The monoisotopic (exact) mass is 212 g/mol. The molecule has 1 saturated carbocycles. The lowest BCUT2D eigenvalue weighted by Gasteiger charge is -2.45. The van der Waals surface area contributed by atoms with E-state index in [1.165, 1.54) is 51.6 Å². The van der Waals surface area contributed by atoms with Crippen LogP contribution in [0.5, 0.6) is 0 Å². The van der Waals surface area contributed by atoms with Crippen molar-refractivity contribution in [3.63, 3.8) is 0 Å². The van der Waals surface area contributed by atoms with Gasteiger partial charge < -0.3 is 10.5 Å². The summed E-state index contributed by atoms with van der Waals surface area (Å²) in [6, 6.07) is 0. The molecule has 0 aromatic carbocycles. The topological polar surface area (TPSA) is 38.5 Å². The largest absolute Gasteiger partial charge is 0.381 e. The highest BCUT2D eigenvalue weighted by atomic mass is 16.5. The zero-order valence-electron chi connectivity index (χ0n) is 9.87. The molecule has 0 atom stereocenters. The van der Waals surface area contributed by atoms with E-state index in [0.29, 0.717) is 11.6 Å². The molecular weight excluding hydrogens is 188 g/mol. The molecule has 3 nitrogen and oxygen atoms in total. The fourth-order valence-electron chi connectivity index (χ4n) is 3.21. The van der Waals surface area contributed by atoms with Crippen LogP contribution in [0.25, 0.3) is 0 Å². The summed E-state index contributed by atoms with van der Waals surface area (Å²) >= 11 is 0. The third-order valence-electron chi connectivity index (χ3n) is 4.35. The van der Waals surface area contributed by atoms with Crippen molar-refractivity contribution >= 4 is 0 Å². The van der Waals surface area contributed by atoms with Crippen LogP contribution in [0.2, 0.25) is 0 Å². The number of rotatable bonds is 3. The van der Waals surface area contributed by atoms with Crippen LogP contribution in [-0.4, -0.2) is 43.3 Å². The lowest BCUT2D eigenvalue weighted by molar-refractivity contribution is 0.00247. The number of likely N-dealkylation sites (tertiary alicyclic amines) is 1. The average molecular weight is 212 g/mol. The minimum atomic E-state index is 0.311. The number of methoxy groups -OCH3 is 1. The van der Waals surface area contributed by atoms with Crippen molar-refractivity contribution in [2.45, 2.75) is 50.2 Å². The van der Waals surface area contributed by atoms with Crippen molar-refractivity contribution in [2.75, 3.05) is 26.7 Å². The van der Waals surface area contributed by atoms with E-state index >= 15 is 0 Å². The molecule has 0 bridgehead atoms. The van der Waals surface area contributed by atoms with Gasteiger partial charge in [0.15, 0.2) is 0 Å². The number of ether oxygens (including phenoxy) is 1. The first-order chi connectivity index (χ1) is 7.30. The van der Waals surface area contributed by atoms with Crippen LogP contribution in [-0.2, 0) is 4.74 Å². The van der Waals surface area contributed by atoms with E-state index in [1.807, 2.05) is 7.11 Å². The molecule has 15 heavy (non-hydrogen) atoms. The maximum atomic E-state index is 6.02. The maximum absolute atomic E-state index is 6.02. The molecular formula is C12H24N2O. The zero-order chi connectivity index (χ0) is 10.7. The summed E-state index contributed by atoms with van der Waals surface area (Å²) in [5, 5.41) is 0. The van der Waals surface area contributed by atoms with Crippen molar-refractivity contribution in [1.29, 1.82) is 0 Å². The highest BCUT2D eigenvalue weighted by Gasteiger charge is 2.40. The molecule has 0 unspecified atom stereocenters. The third-order valence-corrected chi connectivity index (χ3v) is 4.35. The quantitative estimate of drug-likeness (QED) is 0.768. The van der Waals surface area contributed by atoms with Crippen LogP contribution in [0, 0.1) is 0 Å². The Balaban J connectivity index is 1.97. The molecule has 2 aliphatic rings. The summed E-state index contributed by atoms with van der Waals surface area (Å²) in [7, 11) is 1.83. The zero-order valence-corrected chi connectivity index (χ0v) is 9.87. The van der Waals surface area contributed by atoms with Crippen molar-refractivity contribution in [3.05, 3.63) is 0 Å². The fraction of sp³-hybridized carbons (Fsp3) is 1.00. The molecule has 3 heteroatoms. The van der Waals surface area contributed by atoms with Crippen LogP contribution >= 0.6 is 0 Å². The van der Waals surface area contributed by atoms with Crippen molar-refractivity contribution in [3.8, 4) is 0 Å². The van der Waals surface area contributed by atoms with E-state index in [1.54, 1.807) is 0 Å². The first-order valence-electron chi connectivity index (χ1n) is 6.29. The minimum absolute atomic E-state index is 0.311. The van der Waals surface area contributed by atoms with Crippen LogP contribution in [0.4, 0.5) is 0 Å². The van der Waals surface area contributed by atoms with Crippen LogP contribution in [0.1, 0.15) is 38.5 Å². The molecule has 0 radical (unpaired) electrons. The number of hydrogen-bond donors (Lipinski definition) is 1. The van der Waals surface area contributed by atoms with Gasteiger partial charge in [-0.05, 0) is 51.6 Å². The molecule has 1 heterocycles. The SMILES string of the molecule is COC1CCC(CN)(N2CCCC2)CC1. The first kappa shape index (κ1) is 11.4. The highest BCUT2D eigenvalue weighted by molar-refractivity contribution is 4.97. The van der Waals surface area contributed by atoms with Crippen molar-refractivity contribution < 1.29 is 4.74 Å². The van der Waals surface area contributed by atoms with Crippen LogP contribution < -0.4 is 5.73 Å². The molecule has 2 fully saturated rings.